The fraction of sp³-hybridized carbons (Fsp3) is 0.857. The molecular weight excluding hydrogens is 278 g/mol. The third kappa shape index (κ3) is 6.88. The van der Waals surface area contributed by atoms with Gasteiger partial charge < -0.3 is 24.6 Å². The predicted molar refractivity (Wildman–Crippen MR) is 75.1 cm³/mol. The molecule has 3 unspecified atom stereocenters. The molecule has 122 valence electrons. The van der Waals surface area contributed by atoms with Crippen LogP contribution in [-0.2, 0) is 23.8 Å². The van der Waals surface area contributed by atoms with Crippen LogP contribution in [0.15, 0.2) is 0 Å². The normalized spacial score (nSPS) is 21.5. The summed E-state index contributed by atoms with van der Waals surface area (Å²) in [5.74, 6) is -1.52. The van der Waals surface area contributed by atoms with Crippen molar-refractivity contribution < 1.29 is 28.9 Å². The number of carbonyl (C=O) groups is 2. The van der Waals surface area contributed by atoms with Gasteiger partial charge in [-0.25, -0.2) is 4.79 Å². The van der Waals surface area contributed by atoms with Crippen LogP contribution in [0.2, 0.25) is 0 Å². The van der Waals surface area contributed by atoms with Crippen molar-refractivity contribution in [2.45, 2.75) is 50.9 Å². The summed E-state index contributed by atoms with van der Waals surface area (Å²) < 4.78 is 15.8. The molecule has 1 aliphatic heterocycles. The van der Waals surface area contributed by atoms with E-state index in [0.717, 1.165) is 25.9 Å². The van der Waals surface area contributed by atoms with Gasteiger partial charge in [0, 0.05) is 26.7 Å². The van der Waals surface area contributed by atoms with Crippen molar-refractivity contribution in [2.24, 2.45) is 0 Å². The molecule has 0 saturated carbocycles. The molecular formula is C14H25NO6. The van der Waals surface area contributed by atoms with Crippen molar-refractivity contribution in [3.63, 3.8) is 0 Å². The highest BCUT2D eigenvalue weighted by Crippen LogP contribution is 2.13. The summed E-state index contributed by atoms with van der Waals surface area (Å²) in [7, 11) is 1.48. The zero-order valence-corrected chi connectivity index (χ0v) is 12.7. The summed E-state index contributed by atoms with van der Waals surface area (Å²) in [5, 5.41) is 11.5. The first kappa shape index (κ1) is 17.9. The monoisotopic (exact) mass is 303 g/mol. The second kappa shape index (κ2) is 9.70. The van der Waals surface area contributed by atoms with Gasteiger partial charge in [0.15, 0.2) is 0 Å². The van der Waals surface area contributed by atoms with Crippen LogP contribution in [0, 0.1) is 0 Å². The van der Waals surface area contributed by atoms with Gasteiger partial charge in [-0.2, -0.15) is 0 Å². The lowest BCUT2D eigenvalue weighted by molar-refractivity contribution is -0.145. The van der Waals surface area contributed by atoms with Crippen LogP contribution in [0.1, 0.15) is 32.6 Å². The third-order valence-electron chi connectivity index (χ3n) is 3.40. The molecule has 1 amide bonds. The standard InChI is InChI=1S/C14H25NO6/c1-10(21-9-11-5-3-4-7-20-11)13(16)15-12(14(17)18)6-8-19-2/h10-12H,3-9H2,1-2H3,(H,15,16)(H,17,18). The zero-order valence-electron chi connectivity index (χ0n) is 12.7. The Balaban J connectivity index is 2.32. The molecule has 0 bridgehead atoms. The number of methoxy groups -OCH3 is 1. The Hall–Kier alpha value is -1.18. The minimum absolute atomic E-state index is 0.0257. The third-order valence-corrected chi connectivity index (χ3v) is 3.40. The Kier molecular flexibility index (Phi) is 8.26. The maximum absolute atomic E-state index is 11.9. The number of hydrogen-bond acceptors (Lipinski definition) is 5. The van der Waals surface area contributed by atoms with Gasteiger partial charge in [0.1, 0.15) is 12.1 Å². The number of carbonyl (C=O) groups excluding carboxylic acids is 1. The Labute approximate surface area is 124 Å². The fourth-order valence-electron chi connectivity index (χ4n) is 2.05. The van der Waals surface area contributed by atoms with Crippen LogP contribution >= 0.6 is 0 Å². The van der Waals surface area contributed by atoms with Gasteiger partial charge in [0.2, 0.25) is 5.91 Å². The van der Waals surface area contributed by atoms with E-state index in [0.29, 0.717) is 6.61 Å². The van der Waals surface area contributed by atoms with E-state index in [-0.39, 0.29) is 19.1 Å². The summed E-state index contributed by atoms with van der Waals surface area (Å²) in [6, 6.07) is -0.963. The molecule has 0 aliphatic carbocycles. The first-order chi connectivity index (χ1) is 10.0. The van der Waals surface area contributed by atoms with E-state index >= 15 is 0 Å². The first-order valence-electron chi connectivity index (χ1n) is 7.30. The van der Waals surface area contributed by atoms with Gasteiger partial charge in [-0.1, -0.05) is 0 Å². The Morgan fingerprint density at radius 1 is 1.43 bits per heavy atom. The van der Waals surface area contributed by atoms with Crippen LogP contribution in [-0.4, -0.2) is 62.2 Å². The second-order valence-electron chi connectivity index (χ2n) is 5.15. The zero-order chi connectivity index (χ0) is 15.7. The number of rotatable bonds is 9. The van der Waals surface area contributed by atoms with Gasteiger partial charge >= 0.3 is 5.97 Å². The Morgan fingerprint density at radius 2 is 2.19 bits per heavy atom. The predicted octanol–water partition coefficient (Wildman–Crippen LogP) is 0.567. The van der Waals surface area contributed by atoms with Crippen molar-refractivity contribution in [3.05, 3.63) is 0 Å². The highest BCUT2D eigenvalue weighted by Gasteiger charge is 2.24. The average Bonchev–Trinajstić information content (AvgIpc) is 2.49. The number of aliphatic carboxylic acids is 1. The molecule has 2 N–H and O–H groups in total. The maximum atomic E-state index is 11.9. The highest BCUT2D eigenvalue weighted by atomic mass is 16.5. The van der Waals surface area contributed by atoms with Crippen LogP contribution in [0.25, 0.3) is 0 Å². The number of ether oxygens (including phenoxy) is 3. The topological polar surface area (TPSA) is 94.1 Å². The highest BCUT2D eigenvalue weighted by molar-refractivity contribution is 5.86. The van der Waals surface area contributed by atoms with E-state index in [1.807, 2.05) is 0 Å². The van der Waals surface area contributed by atoms with Crippen molar-refractivity contribution in [1.29, 1.82) is 0 Å². The molecule has 1 rings (SSSR count). The van der Waals surface area contributed by atoms with Gasteiger partial charge in [0.25, 0.3) is 0 Å². The molecule has 0 aromatic rings. The van der Waals surface area contributed by atoms with E-state index in [4.69, 9.17) is 19.3 Å². The lowest BCUT2D eigenvalue weighted by atomic mass is 10.1. The van der Waals surface area contributed by atoms with Crippen LogP contribution < -0.4 is 5.32 Å². The van der Waals surface area contributed by atoms with E-state index in [1.165, 1.54) is 7.11 Å². The lowest BCUT2D eigenvalue weighted by Crippen LogP contribution is -2.46. The van der Waals surface area contributed by atoms with E-state index < -0.39 is 24.0 Å². The smallest absolute Gasteiger partial charge is 0.326 e. The molecule has 1 heterocycles. The van der Waals surface area contributed by atoms with Crippen LogP contribution in [0.4, 0.5) is 0 Å². The first-order valence-corrected chi connectivity index (χ1v) is 7.30. The molecule has 0 radical (unpaired) electrons. The minimum atomic E-state index is -1.08. The van der Waals surface area contributed by atoms with Gasteiger partial charge in [-0.3, -0.25) is 4.79 Å². The molecule has 0 aromatic heterocycles. The molecule has 0 spiro atoms. The molecule has 7 nitrogen and oxygen atoms in total. The lowest BCUT2D eigenvalue weighted by Gasteiger charge is -2.24. The molecule has 1 fully saturated rings. The Morgan fingerprint density at radius 3 is 2.76 bits per heavy atom. The Bertz CT molecular complexity index is 329. The van der Waals surface area contributed by atoms with Gasteiger partial charge in [0.05, 0.1) is 12.7 Å². The number of carboxylic acids is 1. The SMILES string of the molecule is COCCC(NC(=O)C(C)OCC1CCCCO1)C(=O)O. The number of carboxylic acid groups (broad SMARTS) is 1. The molecule has 21 heavy (non-hydrogen) atoms. The largest absolute Gasteiger partial charge is 0.480 e. The van der Waals surface area contributed by atoms with Gasteiger partial charge in [-0.15, -0.1) is 0 Å². The van der Waals surface area contributed by atoms with Crippen molar-refractivity contribution in [1.82, 2.24) is 5.32 Å². The summed E-state index contributed by atoms with van der Waals surface area (Å²) >= 11 is 0. The van der Waals surface area contributed by atoms with Crippen LogP contribution in [0.5, 0.6) is 0 Å². The van der Waals surface area contributed by atoms with Crippen molar-refractivity contribution in [2.75, 3.05) is 26.9 Å². The molecule has 3 atom stereocenters. The fourth-order valence-corrected chi connectivity index (χ4v) is 2.05. The maximum Gasteiger partial charge on any atom is 0.326 e. The van der Waals surface area contributed by atoms with E-state index in [2.05, 4.69) is 5.32 Å². The minimum Gasteiger partial charge on any atom is -0.480 e. The molecule has 1 aliphatic rings. The number of amides is 1. The molecule has 1 saturated heterocycles. The average molecular weight is 303 g/mol. The van der Waals surface area contributed by atoms with Crippen molar-refractivity contribution >= 4 is 11.9 Å². The number of hydrogen-bond donors (Lipinski definition) is 2. The second-order valence-corrected chi connectivity index (χ2v) is 5.15. The van der Waals surface area contributed by atoms with E-state index in [9.17, 15) is 9.59 Å². The summed E-state index contributed by atoms with van der Waals surface area (Å²) in [4.78, 5) is 23.0. The van der Waals surface area contributed by atoms with E-state index in [1.54, 1.807) is 6.92 Å². The quantitative estimate of drug-likeness (QED) is 0.646. The summed E-state index contributed by atoms with van der Waals surface area (Å²) in [5.41, 5.74) is 0. The van der Waals surface area contributed by atoms with Crippen LogP contribution in [0.3, 0.4) is 0 Å². The summed E-state index contributed by atoms with van der Waals surface area (Å²) in [6.07, 6.45) is 2.63. The molecule has 0 aromatic carbocycles. The van der Waals surface area contributed by atoms with Gasteiger partial charge in [-0.05, 0) is 26.2 Å². The van der Waals surface area contributed by atoms with Crippen molar-refractivity contribution in [3.8, 4) is 0 Å². The molecule has 7 heteroatoms. The summed E-state index contributed by atoms with van der Waals surface area (Å²) in [6.45, 7) is 2.95. The number of nitrogens with one attached hydrogen (secondary N) is 1.